The number of nitrogens with one attached hydrogen (secondary N) is 3. The minimum absolute atomic E-state index is 0.0571. The number of hydrogen-bond acceptors (Lipinski definition) is 5. The van der Waals surface area contributed by atoms with Crippen molar-refractivity contribution in [1.29, 1.82) is 0 Å². The Balaban J connectivity index is 1.54. The number of hydrogen-bond donors (Lipinski definition) is 3. The van der Waals surface area contributed by atoms with Crippen LogP contribution in [0.25, 0.3) is 11.3 Å². The van der Waals surface area contributed by atoms with Gasteiger partial charge in [-0.25, -0.2) is 8.42 Å². The average Bonchev–Trinajstić information content (AvgIpc) is 2.79. The third-order valence-electron chi connectivity index (χ3n) is 4.97. The molecular formula is C22H20N4O5S. The van der Waals surface area contributed by atoms with E-state index in [0.29, 0.717) is 5.69 Å². The Hall–Kier alpha value is -3.76. The van der Waals surface area contributed by atoms with Crippen molar-refractivity contribution in [2.75, 3.05) is 25.0 Å². The highest BCUT2D eigenvalue weighted by atomic mass is 32.2. The topological polar surface area (TPSA) is 128 Å². The summed E-state index contributed by atoms with van der Waals surface area (Å²) in [6, 6.07) is 17.9. The highest BCUT2D eigenvalue weighted by molar-refractivity contribution is 7.89. The van der Waals surface area contributed by atoms with Gasteiger partial charge in [0.05, 0.1) is 11.4 Å². The first-order valence-corrected chi connectivity index (χ1v) is 11.3. The number of aromatic nitrogens is 1. The molecule has 1 aliphatic rings. The van der Waals surface area contributed by atoms with E-state index in [4.69, 9.17) is 0 Å². The van der Waals surface area contributed by atoms with Crippen molar-refractivity contribution in [2.24, 2.45) is 0 Å². The van der Waals surface area contributed by atoms with Crippen molar-refractivity contribution in [1.82, 2.24) is 14.6 Å². The van der Waals surface area contributed by atoms with Crippen LogP contribution in [0.3, 0.4) is 0 Å². The normalized spacial score (nSPS) is 14.6. The van der Waals surface area contributed by atoms with Gasteiger partial charge in [0, 0.05) is 24.5 Å². The van der Waals surface area contributed by atoms with Gasteiger partial charge in [-0.2, -0.15) is 4.31 Å². The maximum Gasteiger partial charge on any atom is 0.261 e. The van der Waals surface area contributed by atoms with Crippen LogP contribution in [0.5, 0.6) is 0 Å². The molecule has 1 saturated heterocycles. The fraction of sp³-hybridized carbons (Fsp3) is 0.136. The molecule has 10 heteroatoms. The molecule has 0 radical (unpaired) electrons. The molecule has 32 heavy (non-hydrogen) atoms. The van der Waals surface area contributed by atoms with Gasteiger partial charge in [0.25, 0.3) is 11.5 Å². The molecule has 9 nitrogen and oxygen atoms in total. The zero-order valence-corrected chi connectivity index (χ0v) is 17.7. The van der Waals surface area contributed by atoms with Crippen LogP contribution in [-0.4, -0.2) is 49.2 Å². The van der Waals surface area contributed by atoms with E-state index >= 15 is 0 Å². The van der Waals surface area contributed by atoms with Gasteiger partial charge in [-0.3, -0.25) is 14.4 Å². The molecule has 0 spiro atoms. The van der Waals surface area contributed by atoms with Crippen molar-refractivity contribution < 1.29 is 18.0 Å². The Kier molecular flexibility index (Phi) is 5.89. The number of sulfonamides is 1. The maximum atomic E-state index is 12.8. The molecule has 0 saturated carbocycles. The molecule has 2 heterocycles. The highest BCUT2D eigenvalue weighted by Crippen LogP contribution is 2.21. The van der Waals surface area contributed by atoms with Crippen LogP contribution < -0.4 is 16.2 Å². The van der Waals surface area contributed by atoms with E-state index in [2.05, 4.69) is 15.6 Å². The van der Waals surface area contributed by atoms with E-state index in [1.807, 2.05) is 30.3 Å². The van der Waals surface area contributed by atoms with Crippen molar-refractivity contribution in [3.63, 3.8) is 0 Å². The average molecular weight is 452 g/mol. The predicted octanol–water partition coefficient (Wildman–Crippen LogP) is 1.41. The van der Waals surface area contributed by atoms with Gasteiger partial charge in [0.2, 0.25) is 15.9 Å². The van der Waals surface area contributed by atoms with Gasteiger partial charge in [0.15, 0.2) is 0 Å². The molecule has 3 aromatic rings. The minimum Gasteiger partial charge on any atom is -0.354 e. The first-order chi connectivity index (χ1) is 15.3. The van der Waals surface area contributed by atoms with Crippen molar-refractivity contribution in [3.8, 4) is 11.3 Å². The van der Waals surface area contributed by atoms with Gasteiger partial charge in [-0.1, -0.05) is 36.4 Å². The van der Waals surface area contributed by atoms with Gasteiger partial charge in [0.1, 0.15) is 5.56 Å². The molecular weight excluding hydrogens is 432 g/mol. The minimum atomic E-state index is -3.91. The summed E-state index contributed by atoms with van der Waals surface area (Å²) in [6.45, 7) is 0.131. The summed E-state index contributed by atoms with van der Waals surface area (Å²) in [6.07, 6.45) is 0. The van der Waals surface area contributed by atoms with E-state index < -0.39 is 21.5 Å². The van der Waals surface area contributed by atoms with E-state index in [1.165, 1.54) is 30.3 Å². The quantitative estimate of drug-likeness (QED) is 0.539. The fourth-order valence-corrected chi connectivity index (χ4v) is 4.78. The molecule has 0 bridgehead atoms. The van der Waals surface area contributed by atoms with Crippen LogP contribution in [-0.2, 0) is 14.8 Å². The van der Waals surface area contributed by atoms with Gasteiger partial charge in [-0.15, -0.1) is 0 Å². The first kappa shape index (κ1) is 21.5. The summed E-state index contributed by atoms with van der Waals surface area (Å²) < 4.78 is 26.8. The van der Waals surface area contributed by atoms with Gasteiger partial charge in [-0.05, 0) is 35.9 Å². The molecule has 2 aromatic carbocycles. The zero-order chi connectivity index (χ0) is 22.7. The second kappa shape index (κ2) is 8.77. The standard InChI is InChI=1S/C22H20N4O5S/c27-20-14-26(12-11-23-20)32(30,31)17-8-4-7-16(13-17)24-21(28)18-9-10-19(25-22(18)29)15-5-2-1-3-6-15/h1-10,13H,11-12,14H2,(H,23,27)(H,24,28)(H,25,29). The molecule has 1 aromatic heterocycles. The van der Waals surface area contributed by atoms with Crippen LogP contribution in [0.2, 0.25) is 0 Å². The summed E-state index contributed by atoms with van der Waals surface area (Å²) in [5.41, 5.74) is 0.924. The number of carbonyl (C=O) groups is 2. The zero-order valence-electron chi connectivity index (χ0n) is 16.9. The molecule has 3 N–H and O–H groups in total. The Morgan fingerprint density at radius 1 is 0.969 bits per heavy atom. The van der Waals surface area contributed by atoms with Crippen molar-refractivity contribution in [3.05, 3.63) is 82.6 Å². The lowest BCUT2D eigenvalue weighted by atomic mass is 10.1. The molecule has 1 aliphatic heterocycles. The van der Waals surface area contributed by atoms with Crippen molar-refractivity contribution in [2.45, 2.75) is 4.90 Å². The number of anilines is 1. The molecule has 1 fully saturated rings. The summed E-state index contributed by atoms with van der Waals surface area (Å²) >= 11 is 0. The SMILES string of the molecule is O=C1CN(S(=O)(=O)c2cccc(NC(=O)c3ccc(-c4ccccc4)[nH]c3=O)c2)CCN1. The van der Waals surface area contributed by atoms with Crippen LogP contribution in [0, 0.1) is 0 Å². The molecule has 2 amide bonds. The largest absolute Gasteiger partial charge is 0.354 e. The van der Waals surface area contributed by atoms with Gasteiger partial charge >= 0.3 is 0 Å². The molecule has 0 unspecified atom stereocenters. The summed E-state index contributed by atoms with van der Waals surface area (Å²) in [5, 5.41) is 5.14. The number of aromatic amines is 1. The van der Waals surface area contributed by atoms with Gasteiger partial charge < -0.3 is 15.6 Å². The first-order valence-electron chi connectivity index (χ1n) is 9.81. The van der Waals surface area contributed by atoms with E-state index in [-0.39, 0.29) is 41.7 Å². The number of carbonyl (C=O) groups excluding carboxylic acids is 2. The molecule has 164 valence electrons. The highest BCUT2D eigenvalue weighted by Gasteiger charge is 2.29. The molecule has 0 aliphatic carbocycles. The number of amides is 2. The lowest BCUT2D eigenvalue weighted by molar-refractivity contribution is -0.122. The number of H-pyrrole nitrogens is 1. The fourth-order valence-electron chi connectivity index (χ4n) is 3.34. The van der Waals surface area contributed by atoms with Crippen LogP contribution in [0.1, 0.15) is 10.4 Å². The molecule has 4 rings (SSSR count). The smallest absolute Gasteiger partial charge is 0.261 e. The second-order valence-electron chi connectivity index (χ2n) is 7.15. The van der Waals surface area contributed by atoms with Crippen LogP contribution in [0.4, 0.5) is 5.69 Å². The predicted molar refractivity (Wildman–Crippen MR) is 119 cm³/mol. The maximum absolute atomic E-state index is 12.8. The number of benzene rings is 2. The molecule has 0 atom stereocenters. The number of nitrogens with zero attached hydrogens (tertiary/aromatic N) is 1. The Morgan fingerprint density at radius 3 is 2.47 bits per heavy atom. The number of rotatable bonds is 5. The van der Waals surface area contributed by atoms with Crippen molar-refractivity contribution >= 4 is 27.5 Å². The van der Waals surface area contributed by atoms with E-state index in [0.717, 1.165) is 9.87 Å². The number of pyridine rings is 1. The summed E-state index contributed by atoms with van der Waals surface area (Å²) in [5.74, 6) is -1.04. The lowest BCUT2D eigenvalue weighted by Crippen LogP contribution is -2.49. The third-order valence-corrected chi connectivity index (χ3v) is 6.81. The van der Waals surface area contributed by atoms with Crippen LogP contribution in [0.15, 0.2) is 76.4 Å². The van der Waals surface area contributed by atoms with E-state index in [1.54, 1.807) is 6.07 Å². The summed E-state index contributed by atoms with van der Waals surface area (Å²) in [4.78, 5) is 39.3. The lowest BCUT2D eigenvalue weighted by Gasteiger charge is -2.26. The Morgan fingerprint density at radius 2 is 1.75 bits per heavy atom. The number of piperazine rings is 1. The van der Waals surface area contributed by atoms with E-state index in [9.17, 15) is 22.8 Å². The monoisotopic (exact) mass is 452 g/mol. The van der Waals surface area contributed by atoms with Crippen LogP contribution >= 0.6 is 0 Å². The Labute approximate surface area is 184 Å². The Bertz CT molecular complexity index is 1340. The summed E-state index contributed by atoms with van der Waals surface area (Å²) in [7, 11) is -3.91. The third kappa shape index (κ3) is 4.46. The second-order valence-corrected chi connectivity index (χ2v) is 9.09.